The Morgan fingerprint density at radius 1 is 1.05 bits per heavy atom. The van der Waals surface area contributed by atoms with E-state index in [4.69, 9.17) is 4.74 Å². The Bertz CT molecular complexity index is 415. The lowest BCUT2D eigenvalue weighted by atomic mass is 9.72. The molecule has 1 aromatic carbocycles. The third-order valence-electron chi connectivity index (χ3n) is 5.04. The van der Waals surface area contributed by atoms with Crippen molar-refractivity contribution in [3.8, 4) is 0 Å². The van der Waals surface area contributed by atoms with Crippen LogP contribution in [0.3, 0.4) is 0 Å². The van der Waals surface area contributed by atoms with Gasteiger partial charge in [0.2, 0.25) is 0 Å². The number of thioether (sulfide) groups is 1. The summed E-state index contributed by atoms with van der Waals surface area (Å²) >= 11 is 1.81. The number of ether oxygens (including phenoxy) is 1. The van der Waals surface area contributed by atoms with Crippen molar-refractivity contribution in [2.24, 2.45) is 5.41 Å². The highest BCUT2D eigenvalue weighted by atomic mass is 32.2. The normalized spacial score (nSPS) is 23.1. The minimum atomic E-state index is 0.609. The van der Waals surface area contributed by atoms with Gasteiger partial charge in [0, 0.05) is 24.7 Å². The number of piperidine rings is 1. The average molecular weight is 291 g/mol. The van der Waals surface area contributed by atoms with Gasteiger partial charge in [-0.05, 0) is 68.1 Å². The number of rotatable bonds is 3. The van der Waals surface area contributed by atoms with E-state index in [1.807, 2.05) is 11.8 Å². The quantitative estimate of drug-likeness (QED) is 0.786. The van der Waals surface area contributed by atoms with Crippen molar-refractivity contribution in [2.75, 3.05) is 32.6 Å². The van der Waals surface area contributed by atoms with Gasteiger partial charge in [-0.3, -0.25) is 4.90 Å². The monoisotopic (exact) mass is 291 g/mol. The van der Waals surface area contributed by atoms with Crippen LogP contribution in [0, 0.1) is 5.41 Å². The maximum absolute atomic E-state index is 5.53. The van der Waals surface area contributed by atoms with Crippen LogP contribution in [-0.4, -0.2) is 37.5 Å². The molecule has 2 heterocycles. The summed E-state index contributed by atoms with van der Waals surface area (Å²) in [4.78, 5) is 3.97. The molecule has 0 bridgehead atoms. The van der Waals surface area contributed by atoms with Crippen LogP contribution in [0.4, 0.5) is 0 Å². The maximum Gasteiger partial charge on any atom is 0.0471 e. The molecule has 0 aromatic heterocycles. The maximum atomic E-state index is 5.53. The summed E-state index contributed by atoms with van der Waals surface area (Å²) in [5, 5.41) is 0. The van der Waals surface area contributed by atoms with Crippen molar-refractivity contribution in [2.45, 2.75) is 37.1 Å². The van der Waals surface area contributed by atoms with Gasteiger partial charge >= 0.3 is 0 Å². The fourth-order valence-corrected chi connectivity index (χ4v) is 3.89. The zero-order valence-electron chi connectivity index (χ0n) is 12.4. The van der Waals surface area contributed by atoms with Crippen LogP contribution in [0.15, 0.2) is 29.2 Å². The van der Waals surface area contributed by atoms with Gasteiger partial charge in [-0.25, -0.2) is 0 Å². The van der Waals surface area contributed by atoms with Gasteiger partial charge < -0.3 is 4.74 Å². The molecule has 0 atom stereocenters. The van der Waals surface area contributed by atoms with Crippen LogP contribution in [0.25, 0.3) is 0 Å². The zero-order chi connectivity index (χ0) is 13.8. The van der Waals surface area contributed by atoms with Crippen LogP contribution in [0.5, 0.6) is 0 Å². The smallest absolute Gasteiger partial charge is 0.0471 e. The standard InChI is InChI=1S/C17H25NOS/c1-20-16-4-2-15(3-5-16)14-18-10-6-17(7-11-18)8-12-19-13-9-17/h2-5H,6-14H2,1H3. The van der Waals surface area contributed by atoms with Crippen LogP contribution >= 0.6 is 11.8 Å². The second-order valence-electron chi connectivity index (χ2n) is 6.24. The van der Waals surface area contributed by atoms with Gasteiger partial charge in [0.25, 0.3) is 0 Å². The summed E-state index contributed by atoms with van der Waals surface area (Å²) in [6, 6.07) is 9.04. The molecule has 1 aromatic rings. The first-order chi connectivity index (χ1) is 9.80. The molecule has 1 spiro atoms. The van der Waals surface area contributed by atoms with E-state index in [9.17, 15) is 0 Å². The lowest BCUT2D eigenvalue weighted by Crippen LogP contribution is -2.42. The van der Waals surface area contributed by atoms with E-state index in [1.54, 1.807) is 0 Å². The van der Waals surface area contributed by atoms with Gasteiger partial charge in [0.1, 0.15) is 0 Å². The molecule has 0 saturated carbocycles. The largest absolute Gasteiger partial charge is 0.381 e. The Morgan fingerprint density at radius 3 is 2.30 bits per heavy atom. The molecular formula is C17H25NOS. The summed E-state index contributed by atoms with van der Waals surface area (Å²) in [7, 11) is 0. The fourth-order valence-electron chi connectivity index (χ4n) is 3.48. The average Bonchev–Trinajstić information content (AvgIpc) is 2.52. The molecule has 0 aliphatic carbocycles. The fraction of sp³-hybridized carbons (Fsp3) is 0.647. The number of benzene rings is 1. The molecule has 110 valence electrons. The van der Waals surface area contributed by atoms with E-state index in [-0.39, 0.29) is 0 Å². The number of hydrogen-bond donors (Lipinski definition) is 0. The predicted octanol–water partition coefficient (Wildman–Crippen LogP) is 3.80. The minimum Gasteiger partial charge on any atom is -0.381 e. The summed E-state index contributed by atoms with van der Waals surface area (Å²) in [5.41, 5.74) is 2.06. The lowest BCUT2D eigenvalue weighted by molar-refractivity contribution is -0.0217. The van der Waals surface area contributed by atoms with Crippen molar-refractivity contribution in [1.29, 1.82) is 0 Å². The molecule has 0 radical (unpaired) electrons. The Kier molecular flexibility index (Phi) is 4.69. The molecule has 20 heavy (non-hydrogen) atoms. The number of nitrogens with zero attached hydrogens (tertiary/aromatic N) is 1. The molecule has 2 nitrogen and oxygen atoms in total. The molecule has 0 N–H and O–H groups in total. The first kappa shape index (κ1) is 14.4. The minimum absolute atomic E-state index is 0.609. The van der Waals surface area contributed by atoms with E-state index in [1.165, 1.54) is 49.2 Å². The molecule has 2 saturated heterocycles. The van der Waals surface area contributed by atoms with Crippen LogP contribution in [-0.2, 0) is 11.3 Å². The second-order valence-corrected chi connectivity index (χ2v) is 7.12. The van der Waals surface area contributed by atoms with Gasteiger partial charge in [-0.15, -0.1) is 11.8 Å². The van der Waals surface area contributed by atoms with E-state index in [0.29, 0.717) is 5.41 Å². The highest BCUT2D eigenvalue weighted by Crippen LogP contribution is 2.40. The van der Waals surface area contributed by atoms with E-state index < -0.39 is 0 Å². The van der Waals surface area contributed by atoms with Crippen molar-refractivity contribution in [3.05, 3.63) is 29.8 Å². The molecule has 0 unspecified atom stereocenters. The van der Waals surface area contributed by atoms with E-state index in [2.05, 4.69) is 35.4 Å². The van der Waals surface area contributed by atoms with Gasteiger partial charge in [-0.1, -0.05) is 12.1 Å². The summed E-state index contributed by atoms with van der Waals surface area (Å²) < 4.78 is 5.53. The summed E-state index contributed by atoms with van der Waals surface area (Å²) in [6.45, 7) is 5.59. The van der Waals surface area contributed by atoms with Crippen LogP contribution < -0.4 is 0 Å². The number of hydrogen-bond acceptors (Lipinski definition) is 3. The SMILES string of the molecule is CSc1ccc(CN2CCC3(CCOCC3)CC2)cc1. The predicted molar refractivity (Wildman–Crippen MR) is 85.2 cm³/mol. The third-order valence-corrected chi connectivity index (χ3v) is 5.78. The molecule has 3 heteroatoms. The molecular weight excluding hydrogens is 266 g/mol. The van der Waals surface area contributed by atoms with Crippen molar-refractivity contribution >= 4 is 11.8 Å². The first-order valence-corrected chi connectivity index (χ1v) is 8.95. The summed E-state index contributed by atoms with van der Waals surface area (Å²) in [5.74, 6) is 0. The Labute approximate surface area is 126 Å². The highest BCUT2D eigenvalue weighted by Gasteiger charge is 2.35. The highest BCUT2D eigenvalue weighted by molar-refractivity contribution is 7.98. The molecule has 2 aliphatic rings. The Morgan fingerprint density at radius 2 is 1.70 bits per heavy atom. The third kappa shape index (κ3) is 3.38. The zero-order valence-corrected chi connectivity index (χ0v) is 13.3. The van der Waals surface area contributed by atoms with Gasteiger partial charge in [0.05, 0.1) is 0 Å². The molecule has 2 fully saturated rings. The Balaban J connectivity index is 1.52. The van der Waals surface area contributed by atoms with E-state index >= 15 is 0 Å². The Hall–Kier alpha value is -0.510. The van der Waals surface area contributed by atoms with Crippen LogP contribution in [0.1, 0.15) is 31.2 Å². The van der Waals surface area contributed by atoms with E-state index in [0.717, 1.165) is 19.8 Å². The van der Waals surface area contributed by atoms with Crippen LogP contribution in [0.2, 0.25) is 0 Å². The van der Waals surface area contributed by atoms with Crippen molar-refractivity contribution in [3.63, 3.8) is 0 Å². The van der Waals surface area contributed by atoms with Gasteiger partial charge in [0.15, 0.2) is 0 Å². The molecule has 2 aliphatic heterocycles. The van der Waals surface area contributed by atoms with Crippen molar-refractivity contribution in [1.82, 2.24) is 4.90 Å². The first-order valence-electron chi connectivity index (χ1n) is 7.73. The molecule has 3 rings (SSSR count). The molecule has 0 amide bonds. The van der Waals surface area contributed by atoms with Gasteiger partial charge in [-0.2, -0.15) is 0 Å². The topological polar surface area (TPSA) is 12.5 Å². The second kappa shape index (κ2) is 6.50. The number of likely N-dealkylation sites (tertiary alicyclic amines) is 1. The van der Waals surface area contributed by atoms with Crippen molar-refractivity contribution < 1.29 is 4.74 Å². The lowest BCUT2D eigenvalue weighted by Gasteiger charge is -2.44. The summed E-state index contributed by atoms with van der Waals surface area (Å²) in [6.07, 6.45) is 7.41.